The Hall–Kier alpha value is -4.17. The van der Waals surface area contributed by atoms with Crippen LogP contribution in [0.1, 0.15) is 72.5 Å². The van der Waals surface area contributed by atoms with Crippen molar-refractivity contribution in [2.75, 3.05) is 40.5 Å². The van der Waals surface area contributed by atoms with Crippen molar-refractivity contribution < 1.29 is 44.3 Å². The Morgan fingerprint density at radius 2 is 1.64 bits per heavy atom. The number of benzene rings is 2. The summed E-state index contributed by atoms with van der Waals surface area (Å²) >= 11 is 1.69. The van der Waals surface area contributed by atoms with Crippen LogP contribution < -0.4 is 5.73 Å². The number of aliphatic hydroxyl groups excluding tert-OH is 2. The van der Waals surface area contributed by atoms with E-state index < -0.39 is 81.4 Å². The van der Waals surface area contributed by atoms with Gasteiger partial charge in [0.25, 0.3) is 5.91 Å². The molecule has 53 heavy (non-hydrogen) atoms. The number of Topliss-reactive ketones (excluding diaryl/α,β-unsaturated/α-hetero) is 2. The van der Waals surface area contributed by atoms with Crippen molar-refractivity contribution in [3.63, 3.8) is 0 Å². The number of rotatable bonds is 10. The molecule has 2 aromatic rings. The summed E-state index contributed by atoms with van der Waals surface area (Å²) in [6, 6.07) is 10.3. The monoisotopic (exact) mass is 747 g/mol. The highest BCUT2D eigenvalue weighted by Gasteiger charge is 2.70. The summed E-state index contributed by atoms with van der Waals surface area (Å²) in [5.41, 5.74) is 1.79. The zero-order valence-electron chi connectivity index (χ0n) is 31.0. The van der Waals surface area contributed by atoms with Gasteiger partial charge in [0.15, 0.2) is 11.4 Å². The van der Waals surface area contributed by atoms with Gasteiger partial charge < -0.3 is 35.8 Å². The molecule has 2 saturated carbocycles. The molecule has 284 valence electrons. The lowest BCUT2D eigenvalue weighted by atomic mass is 9.54. The summed E-state index contributed by atoms with van der Waals surface area (Å²) in [5.74, 6) is -9.53. The molecule has 0 aromatic heterocycles. The number of phenols is 1. The smallest absolute Gasteiger partial charge is 0.338 e. The van der Waals surface area contributed by atoms with Crippen LogP contribution in [-0.2, 0) is 24.5 Å². The van der Waals surface area contributed by atoms with Crippen molar-refractivity contribution in [3.05, 3.63) is 81.6 Å². The fourth-order valence-corrected chi connectivity index (χ4v) is 10.8. The summed E-state index contributed by atoms with van der Waals surface area (Å²) in [7, 11) is 6.82. The number of esters is 1. The fourth-order valence-electron chi connectivity index (χ4n) is 9.23. The van der Waals surface area contributed by atoms with Gasteiger partial charge in [-0.2, -0.15) is 11.8 Å². The first-order valence-electron chi connectivity index (χ1n) is 18.0. The van der Waals surface area contributed by atoms with Gasteiger partial charge in [-0.05, 0) is 58.7 Å². The van der Waals surface area contributed by atoms with Crippen LogP contribution in [0.4, 0.5) is 0 Å². The second-order valence-corrected chi connectivity index (χ2v) is 17.2. The number of primary amides is 1. The largest absolute Gasteiger partial charge is 0.508 e. The van der Waals surface area contributed by atoms with Crippen LogP contribution in [-0.4, -0.2) is 117 Å². The zero-order chi connectivity index (χ0) is 38.7. The summed E-state index contributed by atoms with van der Waals surface area (Å²) < 4.78 is 6.32. The number of ether oxygens (including phenoxy) is 1. The molecule has 0 aliphatic heterocycles. The van der Waals surface area contributed by atoms with E-state index in [0.29, 0.717) is 28.7 Å². The number of thioether (sulfide) groups is 1. The molecule has 4 aliphatic carbocycles. The van der Waals surface area contributed by atoms with Crippen LogP contribution in [0.15, 0.2) is 59.4 Å². The lowest BCUT2D eigenvalue weighted by Gasteiger charge is -2.55. The maximum Gasteiger partial charge on any atom is 0.338 e. The third-order valence-corrected chi connectivity index (χ3v) is 12.9. The average molecular weight is 748 g/mol. The molecule has 0 heterocycles. The summed E-state index contributed by atoms with van der Waals surface area (Å²) in [6.07, 6.45) is 2.62. The van der Waals surface area contributed by atoms with Crippen molar-refractivity contribution >= 4 is 41.0 Å². The number of amides is 1. The number of aliphatic hydroxyl groups is 3. The van der Waals surface area contributed by atoms with Crippen LogP contribution in [0, 0.1) is 11.8 Å². The topological polar surface area (TPSA) is 191 Å². The number of phenolic OH excluding ortho intramolecular Hbond substituents is 1. The van der Waals surface area contributed by atoms with Gasteiger partial charge in [0.2, 0.25) is 5.78 Å². The van der Waals surface area contributed by atoms with E-state index in [-0.39, 0.29) is 22.4 Å². The first-order chi connectivity index (χ1) is 24.9. The SMILES string of the molecule is CN(C)CC(C)(C)c1ccc2c(c1O)C(O)=C1C(=O)[C@]3(O)C(O)=C(C(N)=O)C(=O)[C@@H](N(C)C)[C@@H]3[C@@H](OC(=O)c3ccccc3)[C@@H]1[C@H]2CSC1CCCC1. The maximum absolute atomic E-state index is 15.1. The molecule has 6 N–H and O–H groups in total. The van der Waals surface area contributed by atoms with E-state index >= 15 is 4.79 Å². The normalized spacial score (nSPS) is 27.6. The number of ketones is 2. The van der Waals surface area contributed by atoms with Crippen molar-refractivity contribution in [1.29, 1.82) is 0 Å². The van der Waals surface area contributed by atoms with Crippen molar-refractivity contribution in [2.45, 2.75) is 73.9 Å². The molecule has 13 heteroatoms. The molecule has 0 bridgehead atoms. The molecule has 6 rings (SSSR count). The van der Waals surface area contributed by atoms with E-state index in [1.807, 2.05) is 45.0 Å². The molecule has 1 amide bonds. The molecular formula is C40H49N3O9S. The third-order valence-electron chi connectivity index (χ3n) is 11.4. The van der Waals surface area contributed by atoms with Gasteiger partial charge >= 0.3 is 5.97 Å². The number of carbonyl (C=O) groups is 4. The number of nitrogens with two attached hydrogens (primary N) is 1. The predicted octanol–water partition coefficient (Wildman–Crippen LogP) is 3.86. The second kappa shape index (κ2) is 14.2. The van der Waals surface area contributed by atoms with Gasteiger partial charge in [0, 0.05) is 45.9 Å². The van der Waals surface area contributed by atoms with Crippen LogP contribution >= 0.6 is 11.8 Å². The minimum Gasteiger partial charge on any atom is -0.508 e. The minimum atomic E-state index is -3.03. The molecule has 0 spiro atoms. The lowest BCUT2D eigenvalue weighted by molar-refractivity contribution is -0.170. The average Bonchev–Trinajstić information content (AvgIpc) is 3.60. The van der Waals surface area contributed by atoms with Gasteiger partial charge in [-0.15, -0.1) is 0 Å². The summed E-state index contributed by atoms with van der Waals surface area (Å²) in [6.45, 7) is 4.43. The summed E-state index contributed by atoms with van der Waals surface area (Å²) in [4.78, 5) is 59.2. The Morgan fingerprint density at radius 1 is 1.00 bits per heavy atom. The fraction of sp³-hybridized carbons (Fsp3) is 0.500. The lowest BCUT2D eigenvalue weighted by Crippen LogP contribution is -2.71. The van der Waals surface area contributed by atoms with E-state index in [1.54, 1.807) is 30.0 Å². The molecule has 4 aliphatic rings. The van der Waals surface area contributed by atoms with E-state index in [2.05, 4.69) is 0 Å². The van der Waals surface area contributed by atoms with Crippen LogP contribution in [0.3, 0.4) is 0 Å². The van der Waals surface area contributed by atoms with Crippen LogP contribution in [0.5, 0.6) is 5.75 Å². The number of hydrogen-bond acceptors (Lipinski definition) is 12. The Kier molecular flexibility index (Phi) is 10.4. The third kappa shape index (κ3) is 6.35. The van der Waals surface area contributed by atoms with Crippen LogP contribution in [0.25, 0.3) is 5.76 Å². The van der Waals surface area contributed by atoms with Gasteiger partial charge in [-0.25, -0.2) is 4.79 Å². The van der Waals surface area contributed by atoms with E-state index in [9.17, 15) is 34.8 Å². The Labute approximate surface area is 313 Å². The van der Waals surface area contributed by atoms with Crippen molar-refractivity contribution in [2.24, 2.45) is 17.6 Å². The standard InChI is InChI=1S/C40H49N3O9S/c1-39(2,19-42(3)4)24-17-16-22-23(18-53-21-14-10-11-15-21)25-27(32(45)26(22)31(24)44)35(47)40(51)29(34(25)52-38(50)20-12-8-7-9-13-20)30(43(5)6)33(46)28(36(40)48)37(41)49/h7-9,12-13,16-17,21,23,25,29-30,34,44-45,48,51H,10-11,14-15,18-19H2,1-6H3,(H2,41,49)/t23-,25+,29+,30-,34-,40-/m0/s1. The first-order valence-corrected chi connectivity index (χ1v) is 19.0. The molecule has 12 nitrogen and oxygen atoms in total. The highest BCUT2D eigenvalue weighted by molar-refractivity contribution is 7.99. The van der Waals surface area contributed by atoms with Crippen molar-refractivity contribution in [3.8, 4) is 5.75 Å². The van der Waals surface area contributed by atoms with Gasteiger partial charge in [-0.1, -0.05) is 57.0 Å². The Morgan fingerprint density at radius 3 is 2.23 bits per heavy atom. The number of likely N-dealkylation sites (N-methyl/N-ethyl adjacent to an activating group) is 2. The van der Waals surface area contributed by atoms with Crippen molar-refractivity contribution in [1.82, 2.24) is 9.80 Å². The molecule has 2 fully saturated rings. The van der Waals surface area contributed by atoms with E-state index in [0.717, 1.165) is 25.7 Å². The van der Waals surface area contributed by atoms with Crippen LogP contribution in [0.2, 0.25) is 0 Å². The number of nitrogens with zero attached hydrogens (tertiary/aromatic N) is 2. The molecule has 2 aromatic carbocycles. The van der Waals surface area contributed by atoms with Gasteiger partial charge in [0.05, 0.1) is 23.1 Å². The quantitative estimate of drug-likeness (QED) is 0.175. The molecule has 6 atom stereocenters. The number of fused-ring (bicyclic) bond motifs is 3. The maximum atomic E-state index is 15.1. The molecule has 0 radical (unpaired) electrons. The number of carbonyl (C=O) groups excluding carboxylic acids is 4. The molecule has 0 saturated heterocycles. The number of hydrogen-bond donors (Lipinski definition) is 5. The second-order valence-electron chi connectivity index (χ2n) is 15.9. The van der Waals surface area contributed by atoms with E-state index in [4.69, 9.17) is 10.5 Å². The Balaban J connectivity index is 1.65. The minimum absolute atomic E-state index is 0.00998. The molecule has 0 unspecified atom stereocenters. The van der Waals surface area contributed by atoms with Gasteiger partial charge in [0.1, 0.15) is 28.9 Å². The zero-order valence-corrected chi connectivity index (χ0v) is 31.8. The molecular weight excluding hydrogens is 699 g/mol. The van der Waals surface area contributed by atoms with E-state index in [1.165, 1.54) is 31.1 Å². The highest BCUT2D eigenvalue weighted by Crippen LogP contribution is 2.58. The van der Waals surface area contributed by atoms with Gasteiger partial charge in [-0.3, -0.25) is 19.3 Å². The Bertz CT molecular complexity index is 1900. The predicted molar refractivity (Wildman–Crippen MR) is 201 cm³/mol. The highest BCUT2D eigenvalue weighted by atomic mass is 32.2. The number of aromatic hydroxyl groups is 1. The first kappa shape index (κ1) is 38.6. The summed E-state index contributed by atoms with van der Waals surface area (Å²) in [5, 5.41) is 48.9.